The van der Waals surface area contributed by atoms with Gasteiger partial charge in [-0.1, -0.05) is 63.1 Å². The number of hydrogen-bond donors (Lipinski definition) is 1. The molecule has 1 unspecified atom stereocenters. The number of hydrogen-bond acceptors (Lipinski definition) is 3. The lowest BCUT2D eigenvalue weighted by Crippen LogP contribution is -2.30. The minimum absolute atomic E-state index is 0.169. The van der Waals surface area contributed by atoms with Crippen molar-refractivity contribution in [3.63, 3.8) is 0 Å². The van der Waals surface area contributed by atoms with Gasteiger partial charge in [-0.3, -0.25) is 4.79 Å². The van der Waals surface area contributed by atoms with Crippen LogP contribution in [-0.4, -0.2) is 21.6 Å². The summed E-state index contributed by atoms with van der Waals surface area (Å²) < 4.78 is 0.186. The fourth-order valence-corrected chi connectivity index (χ4v) is 3.84. The maximum Gasteiger partial charge on any atom is 0.307 e. The van der Waals surface area contributed by atoms with Gasteiger partial charge in [-0.25, -0.2) is 0 Å². The van der Waals surface area contributed by atoms with E-state index in [2.05, 4.69) is 20.8 Å². The molecule has 0 rings (SSSR count). The molecule has 0 saturated carbocycles. The van der Waals surface area contributed by atoms with Crippen molar-refractivity contribution in [1.82, 2.24) is 0 Å². The van der Waals surface area contributed by atoms with E-state index in [0.717, 1.165) is 0 Å². The van der Waals surface area contributed by atoms with Gasteiger partial charge in [0.15, 0.2) is 0 Å². The van der Waals surface area contributed by atoms with Crippen LogP contribution in [0.5, 0.6) is 0 Å². The average Bonchev–Trinajstić information content (AvgIpc) is 1.92. The van der Waals surface area contributed by atoms with Gasteiger partial charge in [0.25, 0.3) is 0 Å². The zero-order chi connectivity index (χ0) is 12.3. The molecule has 0 aliphatic rings. The van der Waals surface area contributed by atoms with E-state index in [1.165, 1.54) is 0 Å². The molecule has 0 heterocycles. The minimum Gasteiger partial charge on any atom is -0.481 e. The monoisotopic (exact) mass is 250 g/mol. The third-order valence-corrected chi connectivity index (χ3v) is 5.24. The van der Waals surface area contributed by atoms with Crippen LogP contribution in [0.4, 0.5) is 0 Å². The molecule has 0 aromatic rings. The Hall–Kier alpha value is 0.170. The molecule has 0 aromatic carbocycles. The predicted octanol–water partition coefficient (Wildman–Crippen LogP) is 3.91. The molecule has 15 heavy (non-hydrogen) atoms. The molecular formula is C11H22O2S2. The summed E-state index contributed by atoms with van der Waals surface area (Å²) in [6.07, 6.45) is 0. The van der Waals surface area contributed by atoms with Crippen LogP contribution in [-0.2, 0) is 4.79 Å². The lowest BCUT2D eigenvalue weighted by molar-refractivity contribution is -0.144. The summed E-state index contributed by atoms with van der Waals surface area (Å²) in [5.41, 5.74) is -0.169. The molecule has 4 heteroatoms. The summed E-state index contributed by atoms with van der Waals surface area (Å²) in [5, 5.41) is 9.12. The Morgan fingerprint density at radius 3 is 1.93 bits per heavy atom. The number of carbonyl (C=O) groups is 1. The Labute approximate surface area is 101 Å². The Morgan fingerprint density at radius 1 is 1.20 bits per heavy atom. The molecule has 90 valence electrons. The van der Waals surface area contributed by atoms with E-state index < -0.39 is 5.97 Å². The van der Waals surface area contributed by atoms with Crippen LogP contribution in [0.2, 0.25) is 0 Å². The molecule has 0 bridgehead atoms. The summed E-state index contributed by atoms with van der Waals surface area (Å²) in [5.74, 6) is -0.303. The summed E-state index contributed by atoms with van der Waals surface area (Å²) in [6, 6.07) is 0. The maximum atomic E-state index is 11.1. The third kappa shape index (κ3) is 7.12. The second kappa shape index (κ2) is 5.48. The fourth-order valence-electron chi connectivity index (χ4n) is 0.971. The van der Waals surface area contributed by atoms with E-state index in [9.17, 15) is 4.79 Å². The molecule has 0 saturated heterocycles. The molecule has 0 fully saturated rings. The molecule has 0 amide bonds. The van der Waals surface area contributed by atoms with Gasteiger partial charge in [0, 0.05) is 10.5 Å². The van der Waals surface area contributed by atoms with Gasteiger partial charge in [-0.05, 0) is 5.41 Å². The van der Waals surface area contributed by atoms with Crippen LogP contribution in [0.1, 0.15) is 41.5 Å². The highest BCUT2D eigenvalue weighted by molar-refractivity contribution is 8.77. The average molecular weight is 250 g/mol. The molecule has 0 aromatic heterocycles. The number of aliphatic carboxylic acids is 1. The quantitative estimate of drug-likeness (QED) is 0.768. The topological polar surface area (TPSA) is 37.3 Å². The van der Waals surface area contributed by atoms with Crippen LogP contribution in [0.3, 0.4) is 0 Å². The molecule has 1 N–H and O–H groups in total. The van der Waals surface area contributed by atoms with Gasteiger partial charge in [0.05, 0.1) is 5.92 Å². The lowest BCUT2D eigenvalue weighted by Gasteiger charge is -2.27. The smallest absolute Gasteiger partial charge is 0.307 e. The summed E-state index contributed by atoms with van der Waals surface area (Å²) in [7, 11) is 3.41. The zero-order valence-electron chi connectivity index (χ0n) is 10.5. The highest BCUT2D eigenvalue weighted by atomic mass is 33.1. The Morgan fingerprint density at radius 2 is 1.67 bits per heavy atom. The first-order valence-electron chi connectivity index (χ1n) is 5.07. The first-order chi connectivity index (χ1) is 6.54. The van der Waals surface area contributed by atoms with Gasteiger partial charge < -0.3 is 5.11 Å². The van der Waals surface area contributed by atoms with Gasteiger partial charge >= 0.3 is 5.97 Å². The normalized spacial score (nSPS) is 15.1. The molecule has 0 aliphatic heterocycles. The van der Waals surface area contributed by atoms with Crippen molar-refractivity contribution in [2.75, 3.05) is 5.75 Å². The minimum atomic E-state index is -0.690. The number of rotatable bonds is 4. The van der Waals surface area contributed by atoms with E-state index >= 15 is 0 Å². The Balaban J connectivity index is 4.17. The number of carboxylic acid groups (broad SMARTS) is 1. The van der Waals surface area contributed by atoms with Crippen molar-refractivity contribution in [2.24, 2.45) is 11.3 Å². The molecular weight excluding hydrogens is 228 g/mol. The van der Waals surface area contributed by atoms with Crippen molar-refractivity contribution < 1.29 is 9.90 Å². The summed E-state index contributed by atoms with van der Waals surface area (Å²) >= 11 is 0. The molecule has 0 aliphatic carbocycles. The van der Waals surface area contributed by atoms with Gasteiger partial charge in [0.2, 0.25) is 0 Å². The van der Waals surface area contributed by atoms with Crippen molar-refractivity contribution in [2.45, 2.75) is 46.3 Å². The standard InChI is InChI=1S/C11H22O2S2/c1-10(2,3)8(9(12)13)7-14-15-11(4,5)6/h8H,7H2,1-6H3,(H,12,13). The van der Waals surface area contributed by atoms with Gasteiger partial charge in [0.1, 0.15) is 0 Å². The van der Waals surface area contributed by atoms with Crippen molar-refractivity contribution >= 4 is 27.6 Å². The second-order valence-corrected chi connectivity index (χ2v) is 8.90. The molecule has 2 nitrogen and oxygen atoms in total. The maximum absolute atomic E-state index is 11.1. The van der Waals surface area contributed by atoms with Crippen molar-refractivity contribution in [3.05, 3.63) is 0 Å². The van der Waals surface area contributed by atoms with Crippen LogP contribution < -0.4 is 0 Å². The summed E-state index contributed by atoms with van der Waals surface area (Å²) in [4.78, 5) is 11.1. The van der Waals surface area contributed by atoms with Crippen LogP contribution in [0.25, 0.3) is 0 Å². The van der Waals surface area contributed by atoms with Crippen LogP contribution in [0.15, 0.2) is 0 Å². The molecule has 1 atom stereocenters. The van der Waals surface area contributed by atoms with E-state index in [0.29, 0.717) is 5.75 Å². The predicted molar refractivity (Wildman–Crippen MR) is 70.4 cm³/mol. The van der Waals surface area contributed by atoms with E-state index in [-0.39, 0.29) is 16.1 Å². The first kappa shape index (κ1) is 15.2. The Kier molecular flexibility index (Phi) is 5.55. The number of carboxylic acids is 1. The SMILES string of the molecule is CC(C)(C)SSCC(C(=O)O)C(C)(C)C. The molecule has 0 spiro atoms. The van der Waals surface area contributed by atoms with Crippen LogP contribution in [0, 0.1) is 11.3 Å². The van der Waals surface area contributed by atoms with Crippen molar-refractivity contribution in [3.8, 4) is 0 Å². The van der Waals surface area contributed by atoms with Crippen LogP contribution >= 0.6 is 21.6 Å². The first-order valence-corrected chi connectivity index (χ1v) is 7.39. The van der Waals surface area contributed by atoms with E-state index in [1.54, 1.807) is 21.6 Å². The largest absolute Gasteiger partial charge is 0.481 e. The highest BCUT2D eigenvalue weighted by Crippen LogP contribution is 2.39. The van der Waals surface area contributed by atoms with Gasteiger partial charge in [-0.15, -0.1) is 0 Å². The van der Waals surface area contributed by atoms with E-state index in [4.69, 9.17) is 5.11 Å². The van der Waals surface area contributed by atoms with Crippen molar-refractivity contribution in [1.29, 1.82) is 0 Å². The molecule has 0 radical (unpaired) electrons. The lowest BCUT2D eigenvalue weighted by atomic mass is 9.82. The third-order valence-electron chi connectivity index (χ3n) is 1.89. The summed E-state index contributed by atoms with van der Waals surface area (Å²) in [6.45, 7) is 12.4. The van der Waals surface area contributed by atoms with Gasteiger partial charge in [-0.2, -0.15) is 0 Å². The second-order valence-electron chi connectivity index (χ2n) is 5.74. The van der Waals surface area contributed by atoms with E-state index in [1.807, 2.05) is 20.8 Å². The zero-order valence-corrected chi connectivity index (χ0v) is 12.1. The Bertz CT molecular complexity index is 214. The fraction of sp³-hybridized carbons (Fsp3) is 0.909. The highest BCUT2D eigenvalue weighted by Gasteiger charge is 2.31.